The van der Waals surface area contributed by atoms with E-state index >= 15 is 0 Å². The third-order valence-electron chi connectivity index (χ3n) is 23.7. The summed E-state index contributed by atoms with van der Waals surface area (Å²) in [4.78, 5) is 0. The first-order valence-corrected chi connectivity index (χ1v) is 39.5. The Kier molecular flexibility index (Phi) is 17.1. The minimum absolute atomic E-state index is 0.448. The Bertz CT molecular complexity index is 7450. The standard InChI is InChI=1S/C30H30NO.C26H24NO.C25H22NO.C24H20NO/c1-20-12-13-25-26-18-23-10-6-7-11-24(23)19-28(26)32-30(25)29(20)27-17-22(14-15-31(27)2)16-21-8-4-3-5-9-21;1-16(2)18-11-12-27(4)23(14-18)25-17(3)9-10-21-22-13-19-7-5-6-8-20(19)15-24(22)28-26(21)25;1-4-17-11-12-26(3)22(13-17)24-16(2)9-10-20-21-14-18-7-5-6-8-19(18)15-23(21)27-25(20)24;1-15-10-11-25(3)21(12-15)23-16(2)8-9-19-20-13-17-6-4-5-7-18(17)14-22(20)26-24(19)23/h6-7,10-15,17-19,21H,3-5,8-9,16H2,1-2H3;5-16H,1-4H3;5-15H,4H2,1-3H3;4-14H,1-3H3/q4*+1/i;1D3,16D;4D2;. The molecule has 8 aromatic heterocycles. The number of aryl methyl sites for hydroxylation is 10. The third kappa shape index (κ3) is 13.4. The minimum Gasteiger partial charge on any atom is -0.455 e. The molecule has 0 N–H and O–H groups in total. The number of aromatic nitrogens is 4. The van der Waals surface area contributed by atoms with E-state index < -0.39 is 19.1 Å². The van der Waals surface area contributed by atoms with Crippen molar-refractivity contribution in [2.75, 3.05) is 0 Å². The van der Waals surface area contributed by atoms with Crippen LogP contribution in [-0.2, 0) is 41.0 Å². The molecule has 8 nitrogen and oxygen atoms in total. The van der Waals surface area contributed by atoms with E-state index in [4.69, 9.17) is 25.9 Å². The van der Waals surface area contributed by atoms with Gasteiger partial charge in [-0.05, 0) is 195 Å². The molecule has 0 aliphatic heterocycles. The first kappa shape index (κ1) is 65.2. The van der Waals surface area contributed by atoms with Crippen LogP contribution < -0.4 is 18.3 Å². The molecule has 1 fully saturated rings. The van der Waals surface area contributed by atoms with Crippen molar-refractivity contribution in [3.8, 4) is 45.0 Å². The van der Waals surface area contributed by atoms with Gasteiger partial charge in [-0.1, -0.05) is 198 Å². The molecular formula is C105H96N4O4+4. The Morgan fingerprint density at radius 1 is 0.354 bits per heavy atom. The predicted octanol–water partition coefficient (Wildman–Crippen LogP) is 26.3. The second-order valence-electron chi connectivity index (χ2n) is 31.4. The van der Waals surface area contributed by atoms with Crippen LogP contribution in [0.5, 0.6) is 0 Å². The summed E-state index contributed by atoms with van der Waals surface area (Å²) in [6, 6.07) is 84.4. The van der Waals surface area contributed by atoms with E-state index in [1.807, 2.05) is 78.9 Å². The summed E-state index contributed by atoms with van der Waals surface area (Å²) >= 11 is 0. The van der Waals surface area contributed by atoms with Gasteiger partial charge in [0, 0.05) is 99.8 Å². The highest BCUT2D eigenvalue weighted by Crippen LogP contribution is 2.44. The summed E-state index contributed by atoms with van der Waals surface area (Å²) in [5.41, 5.74) is 24.1. The van der Waals surface area contributed by atoms with Gasteiger partial charge in [-0.3, -0.25) is 0 Å². The molecule has 1 aliphatic carbocycles. The van der Waals surface area contributed by atoms with Crippen LogP contribution in [0.25, 0.3) is 176 Å². The first-order chi connectivity index (χ1) is 57.2. The van der Waals surface area contributed by atoms with Crippen molar-refractivity contribution in [3.63, 3.8) is 0 Å². The average Bonchev–Trinajstić information content (AvgIpc) is 1.55. The van der Waals surface area contributed by atoms with Gasteiger partial charge in [0.05, 0.1) is 22.3 Å². The number of pyridine rings is 4. The second kappa shape index (κ2) is 29.6. The molecule has 0 saturated heterocycles. The van der Waals surface area contributed by atoms with E-state index in [2.05, 4.69) is 264 Å². The van der Waals surface area contributed by atoms with Crippen molar-refractivity contribution in [2.24, 2.45) is 34.1 Å². The molecule has 0 amide bonds. The molecular weight excluding hydrogens is 1380 g/mol. The predicted molar refractivity (Wildman–Crippen MR) is 469 cm³/mol. The third-order valence-corrected chi connectivity index (χ3v) is 23.7. The number of fused-ring (bicyclic) bond motifs is 16. The van der Waals surface area contributed by atoms with E-state index in [-0.39, 0.29) is 0 Å². The van der Waals surface area contributed by atoms with Gasteiger partial charge in [-0.2, -0.15) is 0 Å². The highest BCUT2D eigenvalue weighted by Gasteiger charge is 2.28. The molecule has 1 aliphatic rings. The Labute approximate surface area is 668 Å². The summed E-state index contributed by atoms with van der Waals surface area (Å²) in [7, 11) is 8.14. The van der Waals surface area contributed by atoms with Crippen molar-refractivity contribution in [3.05, 3.63) is 312 Å². The van der Waals surface area contributed by atoms with Gasteiger partial charge >= 0.3 is 0 Å². The van der Waals surface area contributed by atoms with Crippen LogP contribution in [0.4, 0.5) is 0 Å². The zero-order chi connectivity index (χ0) is 82.7. The molecule has 8 heteroatoms. The lowest BCUT2D eigenvalue weighted by Crippen LogP contribution is -2.31. The fraction of sp³-hybridized carbons (Fsp3) is 0.200. The number of rotatable bonds is 8. The van der Waals surface area contributed by atoms with Crippen molar-refractivity contribution in [1.29, 1.82) is 0 Å². The number of hydrogen-bond acceptors (Lipinski definition) is 4. The quantitative estimate of drug-likeness (QED) is 0.142. The number of nitrogens with zero attached hydrogens (tertiary/aromatic N) is 4. The van der Waals surface area contributed by atoms with Gasteiger partial charge in [0.25, 0.3) is 0 Å². The van der Waals surface area contributed by atoms with E-state index in [0.717, 1.165) is 122 Å². The van der Waals surface area contributed by atoms with E-state index in [1.54, 1.807) is 13.0 Å². The van der Waals surface area contributed by atoms with E-state index in [9.17, 15) is 0 Å². The molecule has 21 rings (SSSR count). The normalized spacial score (nSPS) is 14.3. The molecule has 12 aromatic carbocycles. The lowest BCUT2D eigenvalue weighted by molar-refractivity contribution is -0.660. The zero-order valence-electron chi connectivity index (χ0n) is 72.1. The molecule has 1 unspecified atom stereocenters. The number of benzene rings is 12. The number of furan rings is 4. The Balaban J connectivity index is 0.000000109. The maximum Gasteiger partial charge on any atom is 0.216 e. The van der Waals surface area contributed by atoms with Crippen LogP contribution in [0.1, 0.15) is 111 Å². The molecule has 0 bridgehead atoms. The van der Waals surface area contributed by atoms with Gasteiger partial charge in [0.2, 0.25) is 22.8 Å². The Morgan fingerprint density at radius 3 is 1.02 bits per heavy atom. The summed E-state index contributed by atoms with van der Waals surface area (Å²) in [6.45, 7) is 11.2. The highest BCUT2D eigenvalue weighted by atomic mass is 16.3. The number of hydrogen-bond donors (Lipinski definition) is 0. The molecule has 556 valence electrons. The first-order valence-electron chi connectivity index (χ1n) is 42.5. The van der Waals surface area contributed by atoms with Crippen LogP contribution in [0.15, 0.2) is 285 Å². The fourth-order valence-corrected chi connectivity index (χ4v) is 17.4. The molecule has 8 heterocycles. The monoisotopic (exact) mass is 1480 g/mol. The molecule has 1 atom stereocenters. The fourth-order valence-electron chi connectivity index (χ4n) is 17.4. The SMILES string of the molecule is Cc1cc[n+](C)c(-c2c(C)ccc3c2oc2cc4ccccc4cc23)c1.Cc1ccc2c(oc3cc4ccccc4cc32)c1-c1cc(CC2CCCCC2)cc[n+]1C.[2H]C([2H])(C)c1cc[n+](C)c(-c2c(C)ccc3c2oc2cc4ccccc4cc23)c1.[2H]C([2H])([2H])C([2H])(C)c1cc[n+](C)c(-c2c(C)ccc3c2oc2cc4ccccc4cc23)c1. The Hall–Kier alpha value is -12.5. The van der Waals surface area contributed by atoms with Gasteiger partial charge in [0.1, 0.15) is 72.9 Å². The van der Waals surface area contributed by atoms with Crippen molar-refractivity contribution in [1.82, 2.24) is 0 Å². The maximum atomic E-state index is 8.54. The largest absolute Gasteiger partial charge is 0.455 e. The summed E-state index contributed by atoms with van der Waals surface area (Å²) in [5, 5.41) is 18.5. The van der Waals surface area contributed by atoms with Crippen LogP contribution >= 0.6 is 0 Å². The maximum absolute atomic E-state index is 8.54. The summed E-state index contributed by atoms with van der Waals surface area (Å²) in [5.74, 6) is -0.886. The second-order valence-corrected chi connectivity index (χ2v) is 31.4. The summed E-state index contributed by atoms with van der Waals surface area (Å²) in [6.07, 6.45) is 14.8. The molecule has 20 aromatic rings. The topological polar surface area (TPSA) is 68.1 Å². The molecule has 113 heavy (non-hydrogen) atoms. The minimum atomic E-state index is -2.44. The van der Waals surface area contributed by atoms with Crippen LogP contribution in [0.3, 0.4) is 0 Å². The van der Waals surface area contributed by atoms with Gasteiger partial charge < -0.3 is 17.7 Å². The molecule has 1 saturated carbocycles. The summed E-state index contributed by atoms with van der Waals surface area (Å²) < 4.78 is 82.5. The molecule has 0 radical (unpaired) electrons. The van der Waals surface area contributed by atoms with Crippen LogP contribution in [0, 0.1) is 40.5 Å². The van der Waals surface area contributed by atoms with E-state index in [0.29, 0.717) is 11.1 Å². The van der Waals surface area contributed by atoms with Crippen molar-refractivity contribution < 1.29 is 44.2 Å². The zero-order valence-corrected chi connectivity index (χ0v) is 66.1. The van der Waals surface area contributed by atoms with E-state index in [1.165, 1.54) is 139 Å². The lowest BCUT2D eigenvalue weighted by Gasteiger charge is -2.21. The average molecular weight is 1480 g/mol. The lowest BCUT2D eigenvalue weighted by atomic mass is 9.85. The van der Waals surface area contributed by atoms with Gasteiger partial charge in [-0.25, -0.2) is 18.3 Å². The van der Waals surface area contributed by atoms with Crippen LogP contribution in [-0.4, -0.2) is 0 Å². The van der Waals surface area contributed by atoms with Crippen LogP contribution in [0.2, 0.25) is 0 Å². The smallest absolute Gasteiger partial charge is 0.216 e. The highest BCUT2D eigenvalue weighted by molar-refractivity contribution is 6.17. The Morgan fingerprint density at radius 2 is 0.664 bits per heavy atom. The van der Waals surface area contributed by atoms with Crippen molar-refractivity contribution in [2.45, 2.75) is 106 Å². The van der Waals surface area contributed by atoms with Crippen molar-refractivity contribution >= 4 is 131 Å². The van der Waals surface area contributed by atoms with Gasteiger partial charge in [-0.15, -0.1) is 0 Å². The molecule has 0 spiro atoms. The van der Waals surface area contributed by atoms with Gasteiger partial charge in [0.15, 0.2) is 24.8 Å².